The minimum atomic E-state index is 0.136. The molecule has 0 atom stereocenters. The van der Waals surface area contributed by atoms with Crippen LogP contribution in [0.2, 0.25) is 0 Å². The van der Waals surface area contributed by atoms with Crippen LogP contribution in [0.3, 0.4) is 0 Å². The number of amides is 1. The zero-order valence-corrected chi connectivity index (χ0v) is 11.9. The molecule has 1 aromatic carbocycles. The van der Waals surface area contributed by atoms with Crippen LogP contribution in [0.1, 0.15) is 12.8 Å². The summed E-state index contributed by atoms with van der Waals surface area (Å²) in [5, 5.41) is 2.96. The lowest BCUT2D eigenvalue weighted by molar-refractivity contribution is -0.118. The number of carbonyl (C=O) groups is 1. The highest BCUT2D eigenvalue weighted by molar-refractivity contribution is 7.99. The molecule has 1 aromatic rings. The molecule has 5 heteroatoms. The molecule has 0 unspecified atom stereocenters. The lowest BCUT2D eigenvalue weighted by Gasteiger charge is -2.07. The number of hydrogen-bond acceptors (Lipinski definition) is 4. The van der Waals surface area contributed by atoms with Crippen molar-refractivity contribution >= 4 is 17.7 Å². The Hall–Kier alpha value is -1.36. The quantitative estimate of drug-likeness (QED) is 0.741. The molecule has 0 heterocycles. The zero-order chi connectivity index (χ0) is 13.5. The lowest BCUT2D eigenvalue weighted by Crippen LogP contribution is -2.27. The van der Waals surface area contributed by atoms with Gasteiger partial charge in [-0.1, -0.05) is 0 Å². The lowest BCUT2D eigenvalue weighted by atomic mass is 10.3. The minimum Gasteiger partial charge on any atom is -0.497 e. The molecule has 19 heavy (non-hydrogen) atoms. The third kappa shape index (κ3) is 5.42. The van der Waals surface area contributed by atoms with Gasteiger partial charge in [-0.3, -0.25) is 4.79 Å². The second kappa shape index (κ2) is 7.28. The number of methoxy groups -OCH3 is 1. The number of rotatable bonds is 8. The summed E-state index contributed by atoms with van der Waals surface area (Å²) < 4.78 is 10.6. The number of carbonyl (C=O) groups excluding carboxylic acids is 1. The van der Waals surface area contributed by atoms with Crippen LogP contribution >= 0.6 is 11.8 Å². The summed E-state index contributed by atoms with van der Waals surface area (Å²) in [6, 6.07) is 7.94. The number of ether oxygens (including phenoxy) is 2. The maximum atomic E-state index is 11.4. The van der Waals surface area contributed by atoms with E-state index in [0.717, 1.165) is 30.1 Å². The zero-order valence-electron chi connectivity index (χ0n) is 11.1. The number of thioether (sulfide) groups is 1. The van der Waals surface area contributed by atoms with E-state index in [1.54, 1.807) is 18.9 Å². The normalized spacial score (nSPS) is 13.9. The number of nitrogens with one attached hydrogen (secondary N) is 1. The first-order valence-electron chi connectivity index (χ1n) is 6.42. The Morgan fingerprint density at radius 2 is 2.00 bits per heavy atom. The summed E-state index contributed by atoms with van der Waals surface area (Å²) in [4.78, 5) is 11.4. The van der Waals surface area contributed by atoms with Crippen LogP contribution in [-0.2, 0) is 4.79 Å². The van der Waals surface area contributed by atoms with Gasteiger partial charge in [0.25, 0.3) is 0 Å². The highest BCUT2D eigenvalue weighted by Crippen LogP contribution is 2.19. The Balaban J connectivity index is 1.54. The van der Waals surface area contributed by atoms with Gasteiger partial charge in [-0.05, 0) is 37.1 Å². The van der Waals surface area contributed by atoms with Crippen LogP contribution in [0.25, 0.3) is 0 Å². The van der Waals surface area contributed by atoms with Crippen molar-refractivity contribution in [3.05, 3.63) is 24.3 Å². The van der Waals surface area contributed by atoms with Crippen LogP contribution in [0.15, 0.2) is 24.3 Å². The molecule has 0 saturated heterocycles. The van der Waals surface area contributed by atoms with Crippen LogP contribution in [0.5, 0.6) is 11.5 Å². The van der Waals surface area contributed by atoms with E-state index in [2.05, 4.69) is 5.32 Å². The highest BCUT2D eigenvalue weighted by atomic mass is 32.2. The van der Waals surface area contributed by atoms with Gasteiger partial charge in [0.15, 0.2) is 0 Å². The molecular formula is C14H19NO3S. The van der Waals surface area contributed by atoms with Crippen molar-refractivity contribution in [1.29, 1.82) is 0 Å². The van der Waals surface area contributed by atoms with Crippen LogP contribution < -0.4 is 14.8 Å². The molecule has 0 spiro atoms. The molecule has 0 aromatic heterocycles. The van der Waals surface area contributed by atoms with Crippen molar-refractivity contribution in [2.75, 3.05) is 25.2 Å². The van der Waals surface area contributed by atoms with Crippen molar-refractivity contribution < 1.29 is 14.3 Å². The van der Waals surface area contributed by atoms with Gasteiger partial charge in [0.1, 0.15) is 11.5 Å². The second-order valence-corrected chi connectivity index (χ2v) is 5.52. The van der Waals surface area contributed by atoms with Gasteiger partial charge in [-0.25, -0.2) is 0 Å². The predicted molar refractivity (Wildman–Crippen MR) is 77.0 cm³/mol. The first-order valence-corrected chi connectivity index (χ1v) is 7.57. The molecule has 4 nitrogen and oxygen atoms in total. The van der Waals surface area contributed by atoms with Gasteiger partial charge in [-0.2, -0.15) is 0 Å². The SMILES string of the molecule is COc1ccc(OCCSCC(=O)NC2CC2)cc1. The topological polar surface area (TPSA) is 47.6 Å². The second-order valence-electron chi connectivity index (χ2n) is 4.42. The average Bonchev–Trinajstić information content (AvgIpc) is 3.23. The summed E-state index contributed by atoms with van der Waals surface area (Å²) in [6.45, 7) is 0.605. The maximum Gasteiger partial charge on any atom is 0.230 e. The van der Waals surface area contributed by atoms with E-state index in [4.69, 9.17) is 9.47 Å². The van der Waals surface area contributed by atoms with Gasteiger partial charge in [0, 0.05) is 11.8 Å². The van der Waals surface area contributed by atoms with Gasteiger partial charge in [-0.15, -0.1) is 11.8 Å². The van der Waals surface area contributed by atoms with E-state index in [1.807, 2.05) is 24.3 Å². The fourth-order valence-corrected chi connectivity index (χ4v) is 2.17. The first kappa shape index (κ1) is 14.1. The van der Waals surface area contributed by atoms with E-state index in [-0.39, 0.29) is 5.91 Å². The molecule has 104 valence electrons. The summed E-state index contributed by atoms with van der Waals surface area (Å²) in [7, 11) is 1.64. The molecule has 0 radical (unpaired) electrons. The Bertz CT molecular complexity index is 404. The van der Waals surface area contributed by atoms with Crippen molar-refractivity contribution in [1.82, 2.24) is 5.32 Å². The smallest absolute Gasteiger partial charge is 0.230 e. The van der Waals surface area contributed by atoms with Crippen molar-refractivity contribution in [2.45, 2.75) is 18.9 Å². The molecule has 0 bridgehead atoms. The van der Waals surface area contributed by atoms with Crippen molar-refractivity contribution in [2.24, 2.45) is 0 Å². The largest absolute Gasteiger partial charge is 0.497 e. The molecule has 0 aliphatic heterocycles. The standard InChI is InChI=1S/C14H19NO3S/c1-17-12-4-6-13(7-5-12)18-8-9-19-10-14(16)15-11-2-3-11/h4-7,11H,2-3,8-10H2,1H3,(H,15,16). The first-order chi connectivity index (χ1) is 9.28. The predicted octanol–water partition coefficient (Wildman–Crippen LogP) is 2.09. The van der Waals surface area contributed by atoms with Gasteiger partial charge >= 0.3 is 0 Å². The maximum absolute atomic E-state index is 11.4. The van der Waals surface area contributed by atoms with E-state index in [1.165, 1.54) is 0 Å². The Kier molecular flexibility index (Phi) is 5.39. The van der Waals surface area contributed by atoms with Gasteiger partial charge < -0.3 is 14.8 Å². The van der Waals surface area contributed by atoms with Crippen LogP contribution in [-0.4, -0.2) is 37.2 Å². The monoisotopic (exact) mass is 281 g/mol. The van der Waals surface area contributed by atoms with Crippen molar-refractivity contribution in [3.8, 4) is 11.5 Å². The Morgan fingerprint density at radius 1 is 1.32 bits per heavy atom. The number of benzene rings is 1. The van der Waals surface area contributed by atoms with E-state index >= 15 is 0 Å². The summed E-state index contributed by atoms with van der Waals surface area (Å²) in [5.41, 5.74) is 0. The molecule has 2 rings (SSSR count). The third-order valence-electron chi connectivity index (χ3n) is 2.73. The Labute approximate surface area is 117 Å². The third-order valence-corrected chi connectivity index (χ3v) is 3.65. The molecule has 1 aliphatic rings. The minimum absolute atomic E-state index is 0.136. The van der Waals surface area contributed by atoms with Gasteiger partial charge in [0.05, 0.1) is 19.5 Å². The fourth-order valence-electron chi connectivity index (χ4n) is 1.55. The number of hydrogen-bond donors (Lipinski definition) is 1. The average molecular weight is 281 g/mol. The molecule has 1 aliphatic carbocycles. The fraction of sp³-hybridized carbons (Fsp3) is 0.500. The van der Waals surface area contributed by atoms with E-state index in [0.29, 0.717) is 18.4 Å². The molecule has 1 saturated carbocycles. The van der Waals surface area contributed by atoms with E-state index < -0.39 is 0 Å². The summed E-state index contributed by atoms with van der Waals surface area (Å²) >= 11 is 1.60. The molecule has 1 amide bonds. The van der Waals surface area contributed by atoms with Crippen molar-refractivity contribution in [3.63, 3.8) is 0 Å². The molecular weight excluding hydrogens is 262 g/mol. The Morgan fingerprint density at radius 3 is 2.63 bits per heavy atom. The highest BCUT2D eigenvalue weighted by Gasteiger charge is 2.22. The van der Waals surface area contributed by atoms with Crippen LogP contribution in [0, 0.1) is 0 Å². The van der Waals surface area contributed by atoms with E-state index in [9.17, 15) is 4.79 Å². The summed E-state index contributed by atoms with van der Waals surface area (Å²) in [5.74, 6) is 3.10. The molecule has 1 fully saturated rings. The van der Waals surface area contributed by atoms with Gasteiger partial charge in [0.2, 0.25) is 5.91 Å². The summed E-state index contributed by atoms with van der Waals surface area (Å²) in [6.07, 6.45) is 2.27. The molecule has 1 N–H and O–H groups in total. The van der Waals surface area contributed by atoms with Crippen LogP contribution in [0.4, 0.5) is 0 Å².